The Bertz CT molecular complexity index is 917. The molecule has 3 rings (SSSR count). The fourth-order valence-electron chi connectivity index (χ4n) is 3.01. The summed E-state index contributed by atoms with van der Waals surface area (Å²) in [4.78, 5) is 16.7. The summed E-state index contributed by atoms with van der Waals surface area (Å²) in [5.74, 6) is -0.0975. The van der Waals surface area contributed by atoms with Crippen LogP contribution in [-0.2, 0) is 0 Å². The normalized spacial score (nSPS) is 11.4. The number of imidazole rings is 1. The van der Waals surface area contributed by atoms with Gasteiger partial charge in [-0.25, -0.2) is 4.98 Å². The Labute approximate surface area is 161 Å². The lowest BCUT2D eigenvalue weighted by molar-refractivity contribution is 0.0942. The van der Waals surface area contributed by atoms with E-state index in [0.29, 0.717) is 12.2 Å². The lowest BCUT2D eigenvalue weighted by Gasteiger charge is -2.18. The van der Waals surface area contributed by atoms with Crippen LogP contribution in [0.3, 0.4) is 0 Å². The van der Waals surface area contributed by atoms with Crippen molar-refractivity contribution in [1.29, 1.82) is 0 Å². The molecule has 1 aromatic heterocycles. The van der Waals surface area contributed by atoms with Crippen LogP contribution in [0.15, 0.2) is 61.1 Å². The maximum atomic E-state index is 12.5. The molecular weight excluding hydrogens is 334 g/mol. The topological polar surface area (TPSA) is 46.9 Å². The largest absolute Gasteiger partial charge is 0.351 e. The molecule has 4 heteroatoms. The second-order valence-electron chi connectivity index (χ2n) is 8.08. The van der Waals surface area contributed by atoms with Gasteiger partial charge >= 0.3 is 0 Å². The minimum atomic E-state index is -0.0975. The smallest absolute Gasteiger partial charge is 0.269 e. The molecule has 0 fully saturated rings. The van der Waals surface area contributed by atoms with E-state index in [0.717, 1.165) is 17.7 Å². The number of hydrogen-bond acceptors (Lipinski definition) is 2. The van der Waals surface area contributed by atoms with E-state index in [2.05, 4.69) is 62.3 Å². The molecule has 27 heavy (non-hydrogen) atoms. The minimum absolute atomic E-state index is 0.0975. The summed E-state index contributed by atoms with van der Waals surface area (Å²) in [5, 5.41) is 3.00. The standard InChI is InChI=1S/C23H27N3O/c1-17-7-5-6-8-20(17)18-9-11-19(12-10-18)26-16-24-15-21(26)22(27)25-14-13-23(2,3)4/h5-12,15-16H,13-14H2,1-4H3,(H,25,27). The summed E-state index contributed by atoms with van der Waals surface area (Å²) >= 11 is 0. The molecular formula is C23H27N3O. The first-order valence-corrected chi connectivity index (χ1v) is 9.32. The highest BCUT2D eigenvalue weighted by atomic mass is 16.1. The van der Waals surface area contributed by atoms with Crippen LogP contribution in [0.1, 0.15) is 43.2 Å². The van der Waals surface area contributed by atoms with E-state index in [4.69, 9.17) is 0 Å². The lowest BCUT2D eigenvalue weighted by Crippen LogP contribution is -2.28. The fraction of sp³-hybridized carbons (Fsp3) is 0.304. The van der Waals surface area contributed by atoms with Crippen molar-refractivity contribution >= 4 is 5.91 Å². The lowest BCUT2D eigenvalue weighted by atomic mass is 9.92. The summed E-state index contributed by atoms with van der Waals surface area (Å²) in [7, 11) is 0. The molecule has 2 aromatic carbocycles. The summed E-state index contributed by atoms with van der Waals surface area (Å²) < 4.78 is 1.83. The molecule has 1 N–H and O–H groups in total. The fourth-order valence-corrected chi connectivity index (χ4v) is 3.01. The molecule has 4 nitrogen and oxygen atoms in total. The Balaban J connectivity index is 1.77. The van der Waals surface area contributed by atoms with Crippen molar-refractivity contribution in [3.8, 4) is 16.8 Å². The van der Waals surface area contributed by atoms with Crippen molar-refractivity contribution in [2.45, 2.75) is 34.1 Å². The Morgan fingerprint density at radius 1 is 1.07 bits per heavy atom. The summed E-state index contributed by atoms with van der Waals surface area (Å²) in [5.41, 5.74) is 5.28. The maximum Gasteiger partial charge on any atom is 0.269 e. The van der Waals surface area contributed by atoms with Crippen molar-refractivity contribution in [1.82, 2.24) is 14.9 Å². The van der Waals surface area contributed by atoms with E-state index in [9.17, 15) is 4.79 Å². The van der Waals surface area contributed by atoms with Gasteiger partial charge in [0.25, 0.3) is 5.91 Å². The Hall–Kier alpha value is -2.88. The van der Waals surface area contributed by atoms with Crippen LogP contribution >= 0.6 is 0 Å². The van der Waals surface area contributed by atoms with Gasteiger partial charge in [0.1, 0.15) is 5.69 Å². The van der Waals surface area contributed by atoms with E-state index in [1.165, 1.54) is 11.1 Å². The van der Waals surface area contributed by atoms with Gasteiger partial charge in [0, 0.05) is 12.2 Å². The number of carbonyl (C=O) groups is 1. The molecule has 0 unspecified atom stereocenters. The monoisotopic (exact) mass is 361 g/mol. The molecule has 0 atom stereocenters. The second kappa shape index (κ2) is 7.78. The first-order chi connectivity index (χ1) is 12.8. The molecule has 0 aliphatic heterocycles. The van der Waals surface area contributed by atoms with Crippen LogP contribution in [0.2, 0.25) is 0 Å². The molecule has 0 saturated carbocycles. The Kier molecular flexibility index (Phi) is 5.45. The summed E-state index contributed by atoms with van der Waals surface area (Å²) in [6.07, 6.45) is 4.22. The van der Waals surface area contributed by atoms with Crippen molar-refractivity contribution in [3.05, 3.63) is 72.3 Å². The van der Waals surface area contributed by atoms with Gasteiger partial charge in [0.15, 0.2) is 0 Å². The Morgan fingerprint density at radius 3 is 2.44 bits per heavy atom. The minimum Gasteiger partial charge on any atom is -0.351 e. The third-order valence-electron chi connectivity index (χ3n) is 4.63. The highest BCUT2D eigenvalue weighted by Gasteiger charge is 2.15. The zero-order valence-corrected chi connectivity index (χ0v) is 16.5. The van der Waals surface area contributed by atoms with Crippen molar-refractivity contribution in [2.24, 2.45) is 5.41 Å². The zero-order chi connectivity index (χ0) is 19.4. The summed E-state index contributed by atoms with van der Waals surface area (Å²) in [6.45, 7) is 9.26. The van der Waals surface area contributed by atoms with E-state index < -0.39 is 0 Å². The van der Waals surface area contributed by atoms with E-state index in [1.807, 2.05) is 28.8 Å². The van der Waals surface area contributed by atoms with Crippen LogP contribution in [0.25, 0.3) is 16.8 Å². The number of aryl methyl sites for hydroxylation is 1. The van der Waals surface area contributed by atoms with Gasteiger partial charge in [-0.1, -0.05) is 57.2 Å². The average Bonchev–Trinajstić information content (AvgIpc) is 3.11. The zero-order valence-electron chi connectivity index (χ0n) is 16.5. The molecule has 0 saturated heterocycles. The number of nitrogens with zero attached hydrogens (tertiary/aromatic N) is 2. The molecule has 1 amide bonds. The number of nitrogens with one attached hydrogen (secondary N) is 1. The Morgan fingerprint density at radius 2 is 1.78 bits per heavy atom. The third kappa shape index (κ3) is 4.64. The van der Waals surface area contributed by atoms with E-state index >= 15 is 0 Å². The van der Waals surface area contributed by atoms with Crippen LogP contribution in [0.5, 0.6) is 0 Å². The van der Waals surface area contributed by atoms with E-state index in [-0.39, 0.29) is 11.3 Å². The van der Waals surface area contributed by atoms with Crippen molar-refractivity contribution in [2.75, 3.05) is 6.54 Å². The highest BCUT2D eigenvalue weighted by Crippen LogP contribution is 2.24. The SMILES string of the molecule is Cc1ccccc1-c1ccc(-n2cncc2C(=O)NCCC(C)(C)C)cc1. The average molecular weight is 361 g/mol. The predicted octanol–water partition coefficient (Wildman–Crippen LogP) is 5.01. The molecule has 0 aliphatic carbocycles. The van der Waals surface area contributed by atoms with Gasteiger partial charge in [-0.2, -0.15) is 0 Å². The van der Waals surface area contributed by atoms with Crippen molar-refractivity contribution in [3.63, 3.8) is 0 Å². The first kappa shape index (κ1) is 18.9. The number of aromatic nitrogens is 2. The van der Waals surface area contributed by atoms with Crippen molar-refractivity contribution < 1.29 is 4.79 Å². The molecule has 3 aromatic rings. The molecule has 0 radical (unpaired) electrons. The van der Waals surface area contributed by atoms with Crippen LogP contribution in [-0.4, -0.2) is 22.0 Å². The molecule has 1 heterocycles. The van der Waals surface area contributed by atoms with Gasteiger partial charge in [0.05, 0.1) is 12.5 Å². The second-order valence-corrected chi connectivity index (χ2v) is 8.08. The molecule has 140 valence electrons. The van der Waals surface area contributed by atoms with Gasteiger partial charge in [-0.15, -0.1) is 0 Å². The first-order valence-electron chi connectivity index (χ1n) is 9.32. The van der Waals surface area contributed by atoms with Crippen LogP contribution in [0, 0.1) is 12.3 Å². The molecule has 0 bridgehead atoms. The van der Waals surface area contributed by atoms with Gasteiger partial charge < -0.3 is 5.32 Å². The number of hydrogen-bond donors (Lipinski definition) is 1. The summed E-state index contributed by atoms with van der Waals surface area (Å²) in [6, 6.07) is 16.5. The van der Waals surface area contributed by atoms with E-state index in [1.54, 1.807) is 12.5 Å². The van der Waals surface area contributed by atoms with Crippen LogP contribution in [0.4, 0.5) is 0 Å². The predicted molar refractivity (Wildman–Crippen MR) is 110 cm³/mol. The molecule has 0 spiro atoms. The molecule has 0 aliphatic rings. The number of benzene rings is 2. The van der Waals surface area contributed by atoms with Crippen LogP contribution < -0.4 is 5.32 Å². The number of rotatable bonds is 5. The van der Waals surface area contributed by atoms with Gasteiger partial charge in [0.2, 0.25) is 0 Å². The maximum absolute atomic E-state index is 12.5. The van der Waals surface area contributed by atoms with Gasteiger partial charge in [-0.3, -0.25) is 9.36 Å². The number of carbonyl (C=O) groups excluding carboxylic acids is 1. The highest BCUT2D eigenvalue weighted by molar-refractivity contribution is 5.93. The van der Waals surface area contributed by atoms with Gasteiger partial charge in [-0.05, 0) is 47.6 Å². The number of amides is 1. The third-order valence-corrected chi connectivity index (χ3v) is 4.63. The quantitative estimate of drug-likeness (QED) is 0.694.